The maximum Gasteiger partial charge on any atom is 0.123 e. The molecule has 0 saturated heterocycles. The zero-order valence-corrected chi connectivity index (χ0v) is 15.2. The normalized spacial score (nSPS) is 23.1. The lowest BCUT2D eigenvalue weighted by Crippen LogP contribution is -2.39. The van der Waals surface area contributed by atoms with Crippen LogP contribution in [0.3, 0.4) is 0 Å². The maximum atomic E-state index is 9.35. The molecule has 1 aliphatic carbocycles. The van der Waals surface area contributed by atoms with E-state index in [9.17, 15) is 5.11 Å². The minimum absolute atomic E-state index is 0.261. The smallest absolute Gasteiger partial charge is 0.123 e. The van der Waals surface area contributed by atoms with E-state index in [-0.39, 0.29) is 12.2 Å². The van der Waals surface area contributed by atoms with E-state index in [0.29, 0.717) is 12.6 Å². The first kappa shape index (κ1) is 16.7. The van der Waals surface area contributed by atoms with Crippen LogP contribution in [0.5, 0.6) is 5.75 Å². The quantitative estimate of drug-likeness (QED) is 0.835. The first-order chi connectivity index (χ1) is 11.0. The summed E-state index contributed by atoms with van der Waals surface area (Å²) in [5.74, 6) is 0.897. The molecule has 0 radical (unpaired) electrons. The summed E-state index contributed by atoms with van der Waals surface area (Å²) >= 11 is 3.58. The van der Waals surface area contributed by atoms with E-state index in [2.05, 4.69) is 32.3 Å². The van der Waals surface area contributed by atoms with Crippen LogP contribution < -0.4 is 10.1 Å². The molecular weight excluding hydrogens is 358 g/mol. The lowest BCUT2D eigenvalue weighted by molar-refractivity contribution is 0.131. The molecule has 126 valence electrons. The number of hydrogen-bond acceptors (Lipinski definition) is 4. The lowest BCUT2D eigenvalue weighted by Gasteiger charge is -2.30. The minimum atomic E-state index is -0.285. The number of aliphatic hydroxyl groups is 1. The van der Waals surface area contributed by atoms with Crippen LogP contribution in [0.2, 0.25) is 0 Å². The van der Waals surface area contributed by atoms with E-state index >= 15 is 0 Å². The van der Waals surface area contributed by atoms with Crippen LogP contribution in [0.25, 0.3) is 11.0 Å². The second-order valence-corrected chi connectivity index (χ2v) is 7.33. The highest BCUT2D eigenvalue weighted by Gasteiger charge is 2.22. The first-order valence-corrected chi connectivity index (χ1v) is 9.01. The molecule has 1 atom stereocenters. The van der Waals surface area contributed by atoms with Gasteiger partial charge in [-0.2, -0.15) is 0 Å². The van der Waals surface area contributed by atoms with Crippen molar-refractivity contribution in [3.63, 3.8) is 0 Å². The van der Waals surface area contributed by atoms with Gasteiger partial charge < -0.3 is 19.7 Å². The Kier molecular flexibility index (Phi) is 5.24. The van der Waals surface area contributed by atoms with Gasteiger partial charge in [0.2, 0.25) is 0 Å². The van der Waals surface area contributed by atoms with Gasteiger partial charge in [0.25, 0.3) is 0 Å². The van der Waals surface area contributed by atoms with Gasteiger partial charge in [-0.05, 0) is 54.6 Å². The number of benzene rings is 1. The van der Waals surface area contributed by atoms with Gasteiger partial charge in [-0.25, -0.2) is 4.98 Å². The Bertz CT molecular complexity index is 663. The van der Waals surface area contributed by atoms with E-state index in [1.165, 1.54) is 0 Å². The van der Waals surface area contributed by atoms with Crippen molar-refractivity contribution in [2.75, 3.05) is 6.54 Å². The van der Waals surface area contributed by atoms with Crippen LogP contribution in [0.15, 0.2) is 22.9 Å². The molecule has 5 nitrogen and oxygen atoms in total. The van der Waals surface area contributed by atoms with Crippen LogP contribution in [-0.4, -0.2) is 39.5 Å². The number of hydrogen-bond donors (Lipinski definition) is 2. The van der Waals surface area contributed by atoms with Crippen molar-refractivity contribution < 1.29 is 9.84 Å². The van der Waals surface area contributed by atoms with E-state index in [1.54, 1.807) is 0 Å². The molecule has 0 aliphatic heterocycles. The van der Waals surface area contributed by atoms with E-state index in [1.807, 2.05) is 30.9 Å². The first-order valence-electron chi connectivity index (χ1n) is 8.21. The Morgan fingerprint density at radius 1 is 1.39 bits per heavy atom. The highest BCUT2D eigenvalue weighted by atomic mass is 79.9. The van der Waals surface area contributed by atoms with E-state index in [0.717, 1.165) is 46.9 Å². The molecule has 0 spiro atoms. The van der Waals surface area contributed by atoms with E-state index in [4.69, 9.17) is 4.74 Å². The highest BCUT2D eigenvalue weighted by molar-refractivity contribution is 9.10. The topological polar surface area (TPSA) is 59.3 Å². The zero-order valence-electron chi connectivity index (χ0n) is 13.6. The third-order valence-corrected chi connectivity index (χ3v) is 5.04. The fraction of sp³-hybridized carbons (Fsp3) is 0.588. The number of ether oxygens (including phenoxy) is 1. The summed E-state index contributed by atoms with van der Waals surface area (Å²) in [6.07, 6.45) is 6.05. The van der Waals surface area contributed by atoms with Crippen molar-refractivity contribution in [3.05, 3.63) is 22.9 Å². The molecule has 6 heteroatoms. The second kappa shape index (κ2) is 7.20. The SMILES string of the molecule is CC(O)CNC1CCC(Oc2cc(Br)c3ncn(C)c3c2)CC1. The number of aliphatic hydroxyl groups excluding tert-OH is 1. The summed E-state index contributed by atoms with van der Waals surface area (Å²) in [5, 5.41) is 12.8. The van der Waals surface area contributed by atoms with Gasteiger partial charge in [0.1, 0.15) is 11.3 Å². The molecule has 2 N–H and O–H groups in total. The van der Waals surface area contributed by atoms with Gasteiger partial charge in [0, 0.05) is 30.2 Å². The number of aromatic nitrogens is 2. The molecule has 1 saturated carbocycles. The molecule has 0 bridgehead atoms. The van der Waals surface area contributed by atoms with Gasteiger partial charge in [0.05, 0.1) is 24.1 Å². The van der Waals surface area contributed by atoms with Gasteiger partial charge in [0.15, 0.2) is 0 Å². The Morgan fingerprint density at radius 2 is 2.13 bits per heavy atom. The third kappa shape index (κ3) is 4.05. The highest BCUT2D eigenvalue weighted by Crippen LogP contribution is 2.31. The molecule has 23 heavy (non-hydrogen) atoms. The number of rotatable bonds is 5. The molecule has 2 aromatic rings. The maximum absolute atomic E-state index is 9.35. The lowest BCUT2D eigenvalue weighted by atomic mass is 9.93. The number of fused-ring (bicyclic) bond motifs is 1. The van der Waals surface area contributed by atoms with Gasteiger partial charge in [-0.1, -0.05) is 0 Å². The number of nitrogens with zero attached hydrogens (tertiary/aromatic N) is 2. The van der Waals surface area contributed by atoms with Crippen molar-refractivity contribution >= 4 is 27.0 Å². The largest absolute Gasteiger partial charge is 0.490 e. The summed E-state index contributed by atoms with van der Waals surface area (Å²) in [6, 6.07) is 4.56. The number of imidazole rings is 1. The summed E-state index contributed by atoms with van der Waals surface area (Å²) < 4.78 is 9.17. The third-order valence-electron chi connectivity index (χ3n) is 4.44. The zero-order chi connectivity index (χ0) is 16.4. The molecule has 1 unspecified atom stereocenters. The summed E-state index contributed by atoms with van der Waals surface area (Å²) in [7, 11) is 1.99. The minimum Gasteiger partial charge on any atom is -0.490 e. The van der Waals surface area contributed by atoms with Crippen molar-refractivity contribution in [1.29, 1.82) is 0 Å². The fourth-order valence-electron chi connectivity index (χ4n) is 3.15. The molecule has 1 aliphatic rings. The number of halogens is 1. The number of aryl methyl sites for hydroxylation is 1. The molecule has 1 heterocycles. The Hall–Kier alpha value is -1.11. The average molecular weight is 382 g/mol. The monoisotopic (exact) mass is 381 g/mol. The van der Waals surface area contributed by atoms with Crippen LogP contribution >= 0.6 is 15.9 Å². The Morgan fingerprint density at radius 3 is 2.83 bits per heavy atom. The van der Waals surface area contributed by atoms with Gasteiger partial charge in [-0.3, -0.25) is 0 Å². The average Bonchev–Trinajstić information content (AvgIpc) is 2.89. The van der Waals surface area contributed by atoms with Crippen molar-refractivity contribution in [1.82, 2.24) is 14.9 Å². The predicted octanol–water partition coefficient (Wildman–Crippen LogP) is 3.00. The van der Waals surface area contributed by atoms with Crippen LogP contribution in [0.1, 0.15) is 32.6 Å². The standard InChI is InChI=1S/C17H24BrN3O2/c1-11(22)9-19-12-3-5-13(6-4-12)23-14-7-15(18)17-16(8-14)21(2)10-20-17/h7-8,10-13,19,22H,3-6,9H2,1-2H3. The number of nitrogens with one attached hydrogen (secondary N) is 1. The van der Waals surface area contributed by atoms with Gasteiger partial charge >= 0.3 is 0 Å². The van der Waals surface area contributed by atoms with Crippen LogP contribution in [-0.2, 0) is 7.05 Å². The van der Waals surface area contributed by atoms with Crippen molar-refractivity contribution in [2.45, 2.75) is 50.9 Å². The Balaban J connectivity index is 1.59. The second-order valence-electron chi connectivity index (χ2n) is 6.48. The summed E-state index contributed by atoms with van der Waals surface area (Å²) in [4.78, 5) is 4.38. The summed E-state index contributed by atoms with van der Waals surface area (Å²) in [5.41, 5.74) is 2.03. The van der Waals surface area contributed by atoms with E-state index < -0.39 is 0 Å². The molecule has 1 fully saturated rings. The molecular formula is C17H24BrN3O2. The molecule has 3 rings (SSSR count). The van der Waals surface area contributed by atoms with Crippen molar-refractivity contribution in [3.8, 4) is 5.75 Å². The van der Waals surface area contributed by atoms with Crippen LogP contribution in [0, 0.1) is 0 Å². The summed E-state index contributed by atoms with van der Waals surface area (Å²) in [6.45, 7) is 2.48. The molecule has 1 aromatic carbocycles. The van der Waals surface area contributed by atoms with Gasteiger partial charge in [-0.15, -0.1) is 0 Å². The molecule has 1 aromatic heterocycles. The molecule has 0 amide bonds. The Labute approximate surface area is 145 Å². The van der Waals surface area contributed by atoms with Crippen LogP contribution in [0.4, 0.5) is 0 Å². The van der Waals surface area contributed by atoms with Crippen molar-refractivity contribution in [2.24, 2.45) is 7.05 Å². The fourth-order valence-corrected chi connectivity index (χ4v) is 3.68. The predicted molar refractivity (Wildman–Crippen MR) is 94.8 cm³/mol.